The van der Waals surface area contributed by atoms with E-state index in [0.717, 1.165) is 5.56 Å². The molecule has 0 heterocycles. The van der Waals surface area contributed by atoms with Crippen LogP contribution in [0.5, 0.6) is 5.75 Å². The monoisotopic (exact) mass is 223 g/mol. The van der Waals surface area contributed by atoms with Crippen LogP contribution in [-0.4, -0.2) is 10.9 Å². The number of carbonyl (C=O) groups excluding carboxylic acids is 1. The van der Waals surface area contributed by atoms with Gasteiger partial charge in [-0.05, 0) is 42.0 Å². The minimum atomic E-state index is -0.0853. The average Bonchev–Trinajstić information content (AvgIpc) is 2.38. The highest BCUT2D eigenvalue weighted by molar-refractivity contribution is 6.06. The van der Waals surface area contributed by atoms with E-state index < -0.39 is 0 Å². The summed E-state index contributed by atoms with van der Waals surface area (Å²) >= 11 is 0. The van der Waals surface area contributed by atoms with Crippen LogP contribution in [0.2, 0.25) is 0 Å². The largest absolute Gasteiger partial charge is 0.508 e. The molecule has 2 rings (SSSR count). The van der Waals surface area contributed by atoms with Crippen molar-refractivity contribution >= 4 is 11.9 Å². The fourth-order valence-electron chi connectivity index (χ4n) is 1.40. The van der Waals surface area contributed by atoms with Gasteiger partial charge in [0.25, 0.3) is 0 Å². The molecule has 0 fully saturated rings. The lowest BCUT2D eigenvalue weighted by atomic mass is 10.1. The zero-order chi connectivity index (χ0) is 12.1. The Labute approximate surface area is 99.8 Å². The third-order valence-corrected chi connectivity index (χ3v) is 2.32. The molecule has 2 aromatic rings. The molecule has 0 atom stereocenters. The summed E-state index contributed by atoms with van der Waals surface area (Å²) in [7, 11) is 0. The van der Waals surface area contributed by atoms with Gasteiger partial charge in [-0.25, -0.2) is 0 Å². The van der Waals surface area contributed by atoms with Crippen LogP contribution in [0.15, 0.2) is 54.6 Å². The van der Waals surface area contributed by atoms with E-state index in [1.807, 2.05) is 12.1 Å². The van der Waals surface area contributed by atoms with Crippen LogP contribution in [-0.2, 0) is 0 Å². The number of phenols is 1. The molecule has 0 bridgehead atoms. The number of hydrogen-bond donors (Lipinski definition) is 1. The summed E-state index contributed by atoms with van der Waals surface area (Å²) in [6.45, 7) is 0. The molecule has 0 aliphatic heterocycles. The summed E-state index contributed by atoms with van der Waals surface area (Å²) in [6.07, 6.45) is 3.27. The topological polar surface area (TPSA) is 37.3 Å². The summed E-state index contributed by atoms with van der Waals surface area (Å²) in [6, 6.07) is 16.4. The standard InChI is InChI=1S/C15H11O2/c16-14-9-7-13(8-10-14)15(17)11-6-12-4-2-1-3-5-12/h2-11,16H/b11-6+. The molecule has 0 aromatic heterocycles. The number of rotatable bonds is 3. The molecule has 0 saturated carbocycles. The first-order chi connectivity index (χ1) is 8.25. The SMILES string of the molecule is O=C(/C=C/c1cc[c]cc1)c1ccc(O)cc1. The van der Waals surface area contributed by atoms with Crippen LogP contribution in [0.3, 0.4) is 0 Å². The maximum atomic E-state index is 11.8. The molecule has 2 nitrogen and oxygen atoms in total. The zero-order valence-corrected chi connectivity index (χ0v) is 9.13. The highest BCUT2D eigenvalue weighted by Gasteiger charge is 2.00. The van der Waals surface area contributed by atoms with E-state index >= 15 is 0 Å². The number of benzene rings is 2. The fraction of sp³-hybridized carbons (Fsp3) is 0. The predicted molar refractivity (Wildman–Crippen MR) is 66.7 cm³/mol. The Morgan fingerprint density at radius 1 is 1.06 bits per heavy atom. The van der Waals surface area contributed by atoms with Gasteiger partial charge in [-0.1, -0.05) is 30.3 Å². The molecule has 0 unspecified atom stereocenters. The number of hydrogen-bond acceptors (Lipinski definition) is 2. The van der Waals surface area contributed by atoms with Gasteiger partial charge in [0.05, 0.1) is 0 Å². The second kappa shape index (κ2) is 5.12. The highest BCUT2D eigenvalue weighted by Crippen LogP contribution is 2.11. The molecule has 2 heteroatoms. The summed E-state index contributed by atoms with van der Waals surface area (Å²) in [5.74, 6) is 0.0713. The average molecular weight is 223 g/mol. The molecule has 83 valence electrons. The van der Waals surface area contributed by atoms with Gasteiger partial charge in [-0.15, -0.1) is 0 Å². The Kier molecular flexibility index (Phi) is 3.36. The van der Waals surface area contributed by atoms with Gasteiger partial charge in [0.1, 0.15) is 5.75 Å². The van der Waals surface area contributed by atoms with E-state index in [1.165, 1.54) is 18.2 Å². The van der Waals surface area contributed by atoms with Crippen LogP contribution in [0.25, 0.3) is 6.08 Å². The Balaban J connectivity index is 2.12. The zero-order valence-electron chi connectivity index (χ0n) is 9.13. The van der Waals surface area contributed by atoms with Gasteiger partial charge < -0.3 is 5.11 Å². The first-order valence-corrected chi connectivity index (χ1v) is 5.23. The number of ketones is 1. The van der Waals surface area contributed by atoms with E-state index in [0.29, 0.717) is 5.56 Å². The molecule has 1 radical (unpaired) electrons. The van der Waals surface area contributed by atoms with Crippen molar-refractivity contribution < 1.29 is 9.90 Å². The highest BCUT2D eigenvalue weighted by atomic mass is 16.3. The van der Waals surface area contributed by atoms with Crippen molar-refractivity contribution in [2.24, 2.45) is 0 Å². The van der Waals surface area contributed by atoms with E-state index in [2.05, 4.69) is 6.07 Å². The van der Waals surface area contributed by atoms with Crippen molar-refractivity contribution in [2.45, 2.75) is 0 Å². The fourth-order valence-corrected chi connectivity index (χ4v) is 1.40. The van der Waals surface area contributed by atoms with E-state index in [9.17, 15) is 4.79 Å². The molecule has 17 heavy (non-hydrogen) atoms. The van der Waals surface area contributed by atoms with Gasteiger partial charge in [0, 0.05) is 5.56 Å². The first kappa shape index (κ1) is 11.1. The lowest BCUT2D eigenvalue weighted by Crippen LogP contribution is -1.92. The van der Waals surface area contributed by atoms with Gasteiger partial charge in [-0.2, -0.15) is 0 Å². The van der Waals surface area contributed by atoms with Crippen LogP contribution in [0.4, 0.5) is 0 Å². The molecule has 0 saturated heterocycles. The second-order valence-electron chi connectivity index (χ2n) is 3.58. The minimum absolute atomic E-state index is 0.0853. The van der Waals surface area contributed by atoms with Gasteiger partial charge in [0.15, 0.2) is 5.78 Å². The Hall–Kier alpha value is -2.35. The smallest absolute Gasteiger partial charge is 0.185 e. The maximum Gasteiger partial charge on any atom is 0.185 e. The predicted octanol–water partition coefficient (Wildman–Crippen LogP) is 3.09. The van der Waals surface area contributed by atoms with Crippen molar-refractivity contribution in [3.63, 3.8) is 0 Å². The molecule has 0 amide bonds. The normalized spacial score (nSPS) is 10.6. The van der Waals surface area contributed by atoms with E-state index in [1.54, 1.807) is 30.3 Å². The van der Waals surface area contributed by atoms with E-state index in [4.69, 9.17) is 5.11 Å². The van der Waals surface area contributed by atoms with Crippen molar-refractivity contribution in [1.29, 1.82) is 0 Å². The Morgan fingerprint density at radius 2 is 1.71 bits per heavy atom. The van der Waals surface area contributed by atoms with Crippen molar-refractivity contribution in [1.82, 2.24) is 0 Å². The van der Waals surface area contributed by atoms with E-state index in [-0.39, 0.29) is 11.5 Å². The third kappa shape index (κ3) is 3.05. The van der Waals surface area contributed by atoms with Crippen LogP contribution >= 0.6 is 0 Å². The molecular weight excluding hydrogens is 212 g/mol. The number of carbonyl (C=O) groups is 1. The molecular formula is C15H11O2. The number of phenolic OH excluding ortho intramolecular Hbond substituents is 1. The van der Waals surface area contributed by atoms with Crippen LogP contribution < -0.4 is 0 Å². The van der Waals surface area contributed by atoms with Crippen LogP contribution in [0.1, 0.15) is 15.9 Å². The Bertz CT molecular complexity index is 525. The molecule has 2 aromatic carbocycles. The lowest BCUT2D eigenvalue weighted by molar-refractivity contribution is 0.104. The quantitative estimate of drug-likeness (QED) is 0.641. The molecule has 0 spiro atoms. The summed E-state index contributed by atoms with van der Waals surface area (Å²) in [5, 5.41) is 9.11. The number of aromatic hydroxyl groups is 1. The third-order valence-electron chi connectivity index (χ3n) is 2.32. The number of allylic oxidation sites excluding steroid dienone is 1. The summed E-state index contributed by atoms with van der Waals surface area (Å²) < 4.78 is 0. The summed E-state index contributed by atoms with van der Waals surface area (Å²) in [4.78, 5) is 11.8. The molecule has 0 aliphatic rings. The maximum absolute atomic E-state index is 11.8. The van der Waals surface area contributed by atoms with Crippen molar-refractivity contribution in [3.8, 4) is 5.75 Å². The minimum Gasteiger partial charge on any atom is -0.508 e. The Morgan fingerprint density at radius 3 is 2.35 bits per heavy atom. The van der Waals surface area contributed by atoms with Gasteiger partial charge in [-0.3, -0.25) is 4.79 Å². The van der Waals surface area contributed by atoms with Gasteiger partial charge >= 0.3 is 0 Å². The lowest BCUT2D eigenvalue weighted by Gasteiger charge is -1.96. The molecule has 1 N–H and O–H groups in total. The summed E-state index contributed by atoms with van der Waals surface area (Å²) in [5.41, 5.74) is 1.51. The van der Waals surface area contributed by atoms with Crippen molar-refractivity contribution in [3.05, 3.63) is 71.8 Å². The van der Waals surface area contributed by atoms with Crippen LogP contribution in [0, 0.1) is 6.07 Å². The second-order valence-corrected chi connectivity index (χ2v) is 3.58. The van der Waals surface area contributed by atoms with Crippen molar-refractivity contribution in [2.75, 3.05) is 0 Å². The molecule has 0 aliphatic carbocycles. The van der Waals surface area contributed by atoms with Gasteiger partial charge in [0.2, 0.25) is 0 Å². The first-order valence-electron chi connectivity index (χ1n) is 5.23.